The van der Waals surface area contributed by atoms with E-state index in [1.807, 2.05) is 0 Å². The first kappa shape index (κ1) is 14.0. The quantitative estimate of drug-likeness (QED) is 0.780. The first-order valence-corrected chi connectivity index (χ1v) is 6.13. The second-order valence-corrected chi connectivity index (χ2v) is 4.61. The summed E-state index contributed by atoms with van der Waals surface area (Å²) in [6, 6.07) is 3.42. The van der Waals surface area contributed by atoms with Gasteiger partial charge in [-0.05, 0) is 31.9 Å². The van der Waals surface area contributed by atoms with Gasteiger partial charge in [-0.25, -0.2) is 14.1 Å². The Kier molecular flexibility index (Phi) is 4.02. The third-order valence-corrected chi connectivity index (χ3v) is 3.02. The summed E-state index contributed by atoms with van der Waals surface area (Å²) in [5, 5.41) is 3.80. The molecule has 0 saturated heterocycles. The topological polar surface area (TPSA) is 64.8 Å². The number of Topliss-reactive ketones (excluding diaryl/α,β-unsaturated/α-hetero) is 2. The molecular formula is C14H14FN3O2. The highest BCUT2D eigenvalue weighted by Gasteiger charge is 2.19. The number of pyridine rings is 1. The summed E-state index contributed by atoms with van der Waals surface area (Å²) < 4.78 is 14.2. The van der Waals surface area contributed by atoms with E-state index in [1.54, 1.807) is 18.3 Å². The molecule has 6 heteroatoms. The molecule has 2 heterocycles. The Morgan fingerprint density at radius 1 is 1.25 bits per heavy atom. The molecule has 0 fully saturated rings. The van der Waals surface area contributed by atoms with Crippen LogP contribution in [0.3, 0.4) is 0 Å². The van der Waals surface area contributed by atoms with Crippen LogP contribution in [0.15, 0.2) is 30.7 Å². The van der Waals surface area contributed by atoms with Crippen LogP contribution in [0, 0.1) is 11.7 Å². The summed E-state index contributed by atoms with van der Waals surface area (Å²) in [5.41, 5.74) is 0.775. The standard InChI is InChI=1S/C14H14FN3O2/c1-9(19)13(10(2)20)5-11-3-4-14(16-6-11)18-8-12(15)7-17-18/h3-4,6-8,13H,5H2,1-2H3. The van der Waals surface area contributed by atoms with E-state index in [1.165, 1.54) is 24.7 Å². The van der Waals surface area contributed by atoms with Crippen LogP contribution in [0.2, 0.25) is 0 Å². The minimum Gasteiger partial charge on any atom is -0.299 e. The first-order valence-electron chi connectivity index (χ1n) is 6.13. The fourth-order valence-corrected chi connectivity index (χ4v) is 1.91. The maximum absolute atomic E-state index is 12.9. The van der Waals surface area contributed by atoms with E-state index in [4.69, 9.17) is 0 Å². The second kappa shape index (κ2) is 5.73. The highest BCUT2D eigenvalue weighted by Crippen LogP contribution is 2.12. The smallest absolute Gasteiger partial charge is 0.161 e. The summed E-state index contributed by atoms with van der Waals surface area (Å²) in [5.74, 6) is -0.916. The van der Waals surface area contributed by atoms with Crippen LogP contribution < -0.4 is 0 Å². The normalized spacial score (nSPS) is 10.8. The predicted molar refractivity (Wildman–Crippen MR) is 69.9 cm³/mol. The third-order valence-electron chi connectivity index (χ3n) is 3.02. The lowest BCUT2D eigenvalue weighted by Gasteiger charge is -2.10. The number of hydrogen-bond acceptors (Lipinski definition) is 4. The van der Waals surface area contributed by atoms with Gasteiger partial charge in [0.2, 0.25) is 0 Å². The van der Waals surface area contributed by atoms with Gasteiger partial charge in [-0.3, -0.25) is 9.59 Å². The van der Waals surface area contributed by atoms with Gasteiger partial charge < -0.3 is 0 Å². The first-order chi connectivity index (χ1) is 9.47. The van der Waals surface area contributed by atoms with Crippen LogP contribution in [0.4, 0.5) is 4.39 Å². The lowest BCUT2D eigenvalue weighted by molar-refractivity contribution is -0.130. The van der Waals surface area contributed by atoms with Gasteiger partial charge in [0.1, 0.15) is 11.6 Å². The van der Waals surface area contributed by atoms with Crippen LogP contribution in [-0.4, -0.2) is 26.3 Å². The molecule has 0 saturated carbocycles. The largest absolute Gasteiger partial charge is 0.299 e. The Bertz CT molecular complexity index is 620. The van der Waals surface area contributed by atoms with Gasteiger partial charge in [0.05, 0.1) is 18.3 Å². The number of halogens is 1. The maximum atomic E-state index is 12.9. The van der Waals surface area contributed by atoms with E-state index in [9.17, 15) is 14.0 Å². The van der Waals surface area contributed by atoms with Crippen molar-refractivity contribution in [2.45, 2.75) is 20.3 Å². The fraction of sp³-hybridized carbons (Fsp3) is 0.286. The lowest BCUT2D eigenvalue weighted by Crippen LogP contribution is -2.22. The van der Waals surface area contributed by atoms with Crippen molar-refractivity contribution in [2.24, 2.45) is 5.92 Å². The van der Waals surface area contributed by atoms with Crippen molar-refractivity contribution >= 4 is 11.6 Å². The third kappa shape index (κ3) is 3.14. The van der Waals surface area contributed by atoms with Crippen LogP contribution in [0.1, 0.15) is 19.4 Å². The Morgan fingerprint density at radius 3 is 2.40 bits per heavy atom. The molecule has 104 valence electrons. The Labute approximate surface area is 115 Å². The van der Waals surface area contributed by atoms with Crippen molar-refractivity contribution in [3.63, 3.8) is 0 Å². The van der Waals surface area contributed by atoms with Crippen molar-refractivity contribution < 1.29 is 14.0 Å². The molecule has 0 radical (unpaired) electrons. The van der Waals surface area contributed by atoms with Crippen LogP contribution in [-0.2, 0) is 16.0 Å². The molecule has 0 aliphatic carbocycles. The van der Waals surface area contributed by atoms with Crippen LogP contribution in [0.5, 0.6) is 0 Å². The number of nitrogens with zero attached hydrogens (tertiary/aromatic N) is 3. The molecule has 0 aromatic carbocycles. The van der Waals surface area contributed by atoms with Crippen molar-refractivity contribution in [3.05, 3.63) is 42.1 Å². The molecule has 0 bridgehead atoms. The van der Waals surface area contributed by atoms with E-state index >= 15 is 0 Å². The zero-order chi connectivity index (χ0) is 14.7. The Hall–Kier alpha value is -2.37. The average Bonchev–Trinajstić information content (AvgIpc) is 2.82. The van der Waals surface area contributed by atoms with E-state index < -0.39 is 11.7 Å². The van der Waals surface area contributed by atoms with Crippen LogP contribution in [0.25, 0.3) is 5.82 Å². The highest BCUT2D eigenvalue weighted by atomic mass is 19.1. The minimum atomic E-state index is -0.634. The monoisotopic (exact) mass is 275 g/mol. The van der Waals surface area contributed by atoms with Crippen molar-refractivity contribution in [3.8, 4) is 5.82 Å². The number of aromatic nitrogens is 3. The molecule has 0 amide bonds. The SMILES string of the molecule is CC(=O)C(Cc1ccc(-n2cc(F)cn2)nc1)C(C)=O. The van der Waals surface area contributed by atoms with Gasteiger partial charge in [0.15, 0.2) is 11.6 Å². The Morgan fingerprint density at radius 2 is 1.95 bits per heavy atom. The molecule has 2 aromatic heterocycles. The molecule has 0 unspecified atom stereocenters. The zero-order valence-corrected chi connectivity index (χ0v) is 11.2. The average molecular weight is 275 g/mol. The molecule has 5 nitrogen and oxygen atoms in total. The molecule has 0 aliphatic heterocycles. The predicted octanol–water partition coefficient (Wildman–Crippen LogP) is 1.74. The molecule has 0 atom stereocenters. The van der Waals surface area contributed by atoms with E-state index in [-0.39, 0.29) is 11.6 Å². The summed E-state index contributed by atoms with van der Waals surface area (Å²) in [7, 11) is 0. The number of carbonyl (C=O) groups excluding carboxylic acids is 2. The fourth-order valence-electron chi connectivity index (χ4n) is 1.91. The molecule has 2 aromatic rings. The zero-order valence-electron chi connectivity index (χ0n) is 11.2. The minimum absolute atomic E-state index is 0.157. The van der Waals surface area contributed by atoms with Gasteiger partial charge in [0, 0.05) is 6.20 Å². The van der Waals surface area contributed by atoms with Crippen LogP contribution >= 0.6 is 0 Å². The summed E-state index contributed by atoms with van der Waals surface area (Å²) in [4.78, 5) is 26.9. The molecule has 0 spiro atoms. The molecule has 20 heavy (non-hydrogen) atoms. The molecule has 2 rings (SSSR count). The van der Waals surface area contributed by atoms with E-state index in [2.05, 4.69) is 10.1 Å². The molecular weight excluding hydrogens is 261 g/mol. The van der Waals surface area contributed by atoms with Crippen molar-refractivity contribution in [2.75, 3.05) is 0 Å². The number of ketones is 2. The highest BCUT2D eigenvalue weighted by molar-refractivity contribution is 6.00. The van der Waals surface area contributed by atoms with Gasteiger partial charge in [-0.2, -0.15) is 5.10 Å². The van der Waals surface area contributed by atoms with E-state index in [0.29, 0.717) is 12.2 Å². The number of carbonyl (C=O) groups is 2. The van der Waals surface area contributed by atoms with Gasteiger partial charge in [-0.15, -0.1) is 0 Å². The molecule has 0 N–H and O–H groups in total. The summed E-state index contributed by atoms with van der Waals surface area (Å²) in [6.07, 6.45) is 4.20. The number of hydrogen-bond donors (Lipinski definition) is 0. The maximum Gasteiger partial charge on any atom is 0.161 e. The van der Waals surface area contributed by atoms with Crippen molar-refractivity contribution in [1.82, 2.24) is 14.8 Å². The van der Waals surface area contributed by atoms with Gasteiger partial charge in [0.25, 0.3) is 0 Å². The van der Waals surface area contributed by atoms with Crippen molar-refractivity contribution in [1.29, 1.82) is 0 Å². The molecule has 0 aliphatic rings. The second-order valence-electron chi connectivity index (χ2n) is 4.61. The number of rotatable bonds is 5. The summed E-state index contributed by atoms with van der Waals surface area (Å²) in [6.45, 7) is 2.81. The van der Waals surface area contributed by atoms with Gasteiger partial charge in [-0.1, -0.05) is 6.07 Å². The summed E-state index contributed by atoms with van der Waals surface area (Å²) >= 11 is 0. The Balaban J connectivity index is 2.16. The van der Waals surface area contributed by atoms with Gasteiger partial charge >= 0.3 is 0 Å². The van der Waals surface area contributed by atoms with E-state index in [0.717, 1.165) is 11.8 Å². The lowest BCUT2D eigenvalue weighted by atomic mass is 9.93.